The van der Waals surface area contributed by atoms with Gasteiger partial charge >= 0.3 is 5.97 Å². The van der Waals surface area contributed by atoms with Crippen molar-refractivity contribution < 1.29 is 14.3 Å². The number of rotatable bonds is 18. The molecule has 0 saturated carbocycles. The maximum absolute atomic E-state index is 12.1. The Morgan fingerprint density at radius 1 is 0.893 bits per heavy atom. The Morgan fingerprint density at radius 2 is 1.43 bits per heavy atom. The number of unbranched alkanes of at least 4 members (excludes halogenated alkanes) is 10. The monoisotopic (exact) mass is 398 g/mol. The van der Waals surface area contributed by atoms with Crippen LogP contribution in [-0.2, 0) is 14.3 Å². The van der Waals surface area contributed by atoms with E-state index in [2.05, 4.69) is 17.2 Å². The van der Waals surface area contributed by atoms with Gasteiger partial charge in [-0.3, -0.25) is 9.79 Å². The van der Waals surface area contributed by atoms with Gasteiger partial charge in [0.2, 0.25) is 5.91 Å². The van der Waals surface area contributed by atoms with Crippen LogP contribution in [0.5, 0.6) is 0 Å². The number of methoxy groups -OCH3 is 1. The molecule has 0 aromatic heterocycles. The van der Waals surface area contributed by atoms with Gasteiger partial charge in [0.25, 0.3) is 0 Å². The van der Waals surface area contributed by atoms with Crippen LogP contribution < -0.4 is 16.8 Å². The number of esters is 1. The molecular weight excluding hydrogens is 356 g/mol. The number of carbonyl (C=O) groups excluding carboxylic acids is 2. The minimum Gasteiger partial charge on any atom is -0.467 e. The Bertz CT molecular complexity index is 437. The van der Waals surface area contributed by atoms with Crippen molar-refractivity contribution in [3.05, 3.63) is 0 Å². The molecule has 0 aromatic rings. The summed E-state index contributed by atoms with van der Waals surface area (Å²) in [6.07, 6.45) is 15.1. The van der Waals surface area contributed by atoms with E-state index in [0.29, 0.717) is 25.8 Å². The zero-order chi connectivity index (χ0) is 21.0. The van der Waals surface area contributed by atoms with Crippen molar-refractivity contribution in [3.8, 4) is 0 Å². The lowest BCUT2D eigenvalue weighted by atomic mass is 10.0. The van der Waals surface area contributed by atoms with E-state index in [4.69, 9.17) is 16.2 Å². The summed E-state index contributed by atoms with van der Waals surface area (Å²) in [6, 6.07) is -0.639. The zero-order valence-corrected chi connectivity index (χ0v) is 18.0. The highest BCUT2D eigenvalue weighted by molar-refractivity contribution is 5.84. The van der Waals surface area contributed by atoms with E-state index in [9.17, 15) is 9.59 Å². The third kappa shape index (κ3) is 16.4. The highest BCUT2D eigenvalue weighted by atomic mass is 16.5. The summed E-state index contributed by atoms with van der Waals surface area (Å²) < 4.78 is 4.76. The van der Waals surface area contributed by atoms with E-state index >= 15 is 0 Å². The summed E-state index contributed by atoms with van der Waals surface area (Å²) in [5, 5.41) is 2.77. The number of nitrogens with two attached hydrogens (primary N) is 2. The van der Waals surface area contributed by atoms with E-state index in [1.54, 1.807) is 0 Å². The average Bonchev–Trinajstić information content (AvgIpc) is 2.67. The van der Waals surface area contributed by atoms with Crippen LogP contribution in [0.3, 0.4) is 0 Å². The molecule has 0 bridgehead atoms. The molecule has 1 atom stereocenters. The second-order valence-electron chi connectivity index (χ2n) is 7.38. The normalized spacial score (nSPS) is 11.6. The van der Waals surface area contributed by atoms with Crippen LogP contribution in [0.2, 0.25) is 0 Å². The van der Waals surface area contributed by atoms with E-state index in [0.717, 1.165) is 12.8 Å². The molecule has 7 heteroatoms. The van der Waals surface area contributed by atoms with E-state index in [1.165, 1.54) is 64.9 Å². The van der Waals surface area contributed by atoms with Gasteiger partial charge in [-0.15, -0.1) is 0 Å². The standard InChI is InChI=1S/C21H42N4O3/c1-3-4-5-6-7-8-9-10-11-12-13-16-19(26)25-18(20(27)28-2)15-14-17-24-21(22)23/h18H,3-17H2,1-2H3,(H,25,26)(H4,22,23,24). The molecule has 0 aliphatic carbocycles. The van der Waals surface area contributed by atoms with Crippen LogP contribution in [0.1, 0.15) is 96.8 Å². The van der Waals surface area contributed by atoms with Crippen molar-refractivity contribution in [1.29, 1.82) is 0 Å². The van der Waals surface area contributed by atoms with Gasteiger partial charge in [0.05, 0.1) is 7.11 Å². The van der Waals surface area contributed by atoms with Gasteiger partial charge in [-0.2, -0.15) is 0 Å². The summed E-state index contributed by atoms with van der Waals surface area (Å²) in [4.78, 5) is 27.8. The minimum absolute atomic E-state index is 0.0233. The first-order valence-electron chi connectivity index (χ1n) is 10.9. The quantitative estimate of drug-likeness (QED) is 0.141. The van der Waals surface area contributed by atoms with Gasteiger partial charge in [-0.25, -0.2) is 4.79 Å². The summed E-state index contributed by atoms with van der Waals surface area (Å²) in [7, 11) is 1.32. The minimum atomic E-state index is -0.639. The van der Waals surface area contributed by atoms with Crippen LogP contribution in [0.25, 0.3) is 0 Å². The second kappa shape index (κ2) is 18.6. The average molecular weight is 399 g/mol. The second-order valence-corrected chi connectivity index (χ2v) is 7.38. The van der Waals surface area contributed by atoms with Crippen molar-refractivity contribution >= 4 is 17.8 Å². The first-order chi connectivity index (χ1) is 13.5. The van der Waals surface area contributed by atoms with Crippen molar-refractivity contribution in [2.75, 3.05) is 13.7 Å². The van der Waals surface area contributed by atoms with Crippen molar-refractivity contribution in [2.24, 2.45) is 16.5 Å². The first kappa shape index (κ1) is 26.2. The highest BCUT2D eigenvalue weighted by Crippen LogP contribution is 2.12. The number of hydrogen-bond acceptors (Lipinski definition) is 4. The van der Waals surface area contributed by atoms with Crippen LogP contribution in [0.15, 0.2) is 4.99 Å². The maximum Gasteiger partial charge on any atom is 0.328 e. The summed E-state index contributed by atoms with van der Waals surface area (Å²) in [5.74, 6) is -0.514. The molecule has 0 aliphatic rings. The lowest BCUT2D eigenvalue weighted by molar-refractivity contribution is -0.145. The van der Waals surface area contributed by atoms with Gasteiger partial charge in [0, 0.05) is 13.0 Å². The Balaban J connectivity index is 3.79. The predicted molar refractivity (Wildman–Crippen MR) is 115 cm³/mol. The number of nitrogens with zero attached hydrogens (tertiary/aromatic N) is 1. The molecule has 0 rings (SSSR count). The Labute approximate surface area is 171 Å². The number of guanidine groups is 1. The maximum atomic E-state index is 12.1. The fraction of sp³-hybridized carbons (Fsp3) is 0.857. The summed E-state index contributed by atoms with van der Waals surface area (Å²) in [5.41, 5.74) is 10.5. The van der Waals surface area contributed by atoms with Gasteiger partial charge in [-0.1, -0.05) is 71.1 Å². The van der Waals surface area contributed by atoms with Crippen LogP contribution in [0.4, 0.5) is 0 Å². The molecule has 0 fully saturated rings. The van der Waals surface area contributed by atoms with Gasteiger partial charge in [0.1, 0.15) is 6.04 Å². The molecule has 0 aromatic carbocycles. The highest BCUT2D eigenvalue weighted by Gasteiger charge is 2.20. The molecular formula is C21H42N4O3. The van der Waals surface area contributed by atoms with Crippen LogP contribution in [-0.4, -0.2) is 37.5 Å². The third-order valence-electron chi connectivity index (χ3n) is 4.77. The molecule has 0 radical (unpaired) electrons. The van der Waals surface area contributed by atoms with Crippen molar-refractivity contribution in [2.45, 2.75) is 103 Å². The predicted octanol–water partition coefficient (Wildman–Crippen LogP) is 3.40. The van der Waals surface area contributed by atoms with Crippen molar-refractivity contribution in [3.63, 3.8) is 0 Å². The molecule has 1 amide bonds. The number of carbonyl (C=O) groups is 2. The van der Waals surface area contributed by atoms with Crippen LogP contribution in [0, 0.1) is 0 Å². The lowest BCUT2D eigenvalue weighted by Crippen LogP contribution is -2.41. The number of nitrogens with one attached hydrogen (secondary N) is 1. The van der Waals surface area contributed by atoms with Crippen LogP contribution >= 0.6 is 0 Å². The fourth-order valence-electron chi connectivity index (χ4n) is 3.11. The SMILES string of the molecule is CCCCCCCCCCCCCC(=O)NC(CCCN=C(N)N)C(=O)OC. The van der Waals surface area contributed by atoms with E-state index in [-0.39, 0.29) is 11.9 Å². The molecule has 28 heavy (non-hydrogen) atoms. The molecule has 0 saturated heterocycles. The van der Waals surface area contributed by atoms with Gasteiger partial charge in [0.15, 0.2) is 5.96 Å². The Hall–Kier alpha value is -1.79. The topological polar surface area (TPSA) is 120 Å². The molecule has 0 aliphatic heterocycles. The Kier molecular flexibility index (Phi) is 17.4. The first-order valence-corrected chi connectivity index (χ1v) is 10.9. The third-order valence-corrected chi connectivity index (χ3v) is 4.77. The number of hydrogen-bond donors (Lipinski definition) is 3. The molecule has 1 unspecified atom stereocenters. The van der Waals surface area contributed by atoms with E-state index < -0.39 is 12.0 Å². The van der Waals surface area contributed by atoms with E-state index in [1.807, 2.05) is 0 Å². The summed E-state index contributed by atoms with van der Waals surface area (Å²) >= 11 is 0. The fourth-order valence-corrected chi connectivity index (χ4v) is 3.11. The van der Waals surface area contributed by atoms with Crippen molar-refractivity contribution in [1.82, 2.24) is 5.32 Å². The molecule has 5 N–H and O–H groups in total. The number of ether oxygens (including phenoxy) is 1. The number of aliphatic imine (C=N–C) groups is 1. The van der Waals surface area contributed by atoms with Gasteiger partial charge < -0.3 is 21.5 Å². The molecule has 7 nitrogen and oxygen atoms in total. The largest absolute Gasteiger partial charge is 0.467 e. The smallest absolute Gasteiger partial charge is 0.328 e. The zero-order valence-electron chi connectivity index (χ0n) is 18.0. The summed E-state index contributed by atoms with van der Waals surface area (Å²) in [6.45, 7) is 2.66. The Morgan fingerprint density at radius 3 is 1.93 bits per heavy atom. The molecule has 0 spiro atoms. The number of amides is 1. The molecule has 164 valence electrons. The molecule has 0 heterocycles. The van der Waals surface area contributed by atoms with Gasteiger partial charge in [-0.05, 0) is 19.3 Å². The lowest BCUT2D eigenvalue weighted by Gasteiger charge is -2.16.